The van der Waals surface area contributed by atoms with E-state index in [1.165, 1.54) is 290 Å². The van der Waals surface area contributed by atoms with Crippen molar-refractivity contribution in [3.8, 4) is 0 Å². The van der Waals surface area contributed by atoms with E-state index < -0.39 is 0 Å². The van der Waals surface area contributed by atoms with Crippen LogP contribution in [0.1, 0.15) is 291 Å². The molecule has 322 valence electrons. The lowest BCUT2D eigenvalue weighted by Gasteiger charge is -2.22. The Morgan fingerprint density at radius 2 is 0.377 bits per heavy atom. The van der Waals surface area contributed by atoms with Gasteiger partial charge in [-0.2, -0.15) is 0 Å². The van der Waals surface area contributed by atoms with E-state index in [-0.39, 0.29) is 0 Å². The van der Waals surface area contributed by atoms with Crippen molar-refractivity contribution in [2.24, 2.45) is 0 Å². The predicted octanol–water partition coefficient (Wildman–Crippen LogP) is 17.9. The highest BCUT2D eigenvalue weighted by Crippen LogP contribution is 2.15. The minimum absolute atomic E-state index is 1.19. The molecule has 0 heterocycles. The van der Waals surface area contributed by atoms with Crippen molar-refractivity contribution >= 4 is 0 Å². The van der Waals surface area contributed by atoms with Crippen LogP contribution in [0.5, 0.6) is 0 Å². The lowest BCUT2D eigenvalue weighted by Crippen LogP contribution is -2.27. The van der Waals surface area contributed by atoms with Crippen LogP contribution in [0, 0.1) is 0 Å². The van der Waals surface area contributed by atoms with Gasteiger partial charge in [0.05, 0.1) is 0 Å². The van der Waals surface area contributed by atoms with E-state index in [2.05, 4.69) is 51.5 Å². The quantitative estimate of drug-likeness (QED) is 0.0572. The molecule has 2 heteroatoms. The molecule has 0 saturated carbocycles. The first-order valence-corrected chi connectivity index (χ1v) is 25.6. The van der Waals surface area contributed by atoms with E-state index in [0.29, 0.717) is 0 Å². The molecule has 0 amide bonds. The van der Waals surface area contributed by atoms with E-state index >= 15 is 0 Å². The molecule has 0 aliphatic heterocycles. The second-order valence-corrected chi connectivity index (χ2v) is 17.5. The maximum absolute atomic E-state index is 2.85. The predicted molar refractivity (Wildman–Crippen MR) is 247 cm³/mol. The fraction of sp³-hybridized carbons (Fsp3) is 1.00. The van der Waals surface area contributed by atoms with Gasteiger partial charge in [-0.15, -0.1) is 0 Å². The van der Waals surface area contributed by atoms with Crippen LogP contribution >= 0.6 is 0 Å². The second-order valence-electron chi connectivity index (χ2n) is 17.5. The van der Waals surface area contributed by atoms with Crippen molar-refractivity contribution in [3.63, 3.8) is 0 Å². The number of rotatable bonds is 45. The summed E-state index contributed by atoms with van der Waals surface area (Å²) in [4.78, 5) is 5.25. The van der Waals surface area contributed by atoms with Crippen LogP contribution in [0.2, 0.25) is 0 Å². The largest absolute Gasteiger partial charge is 0.307 e. The standard InChI is InChI=1S/C36H75N.C15H33N/c1-4-7-10-13-16-19-22-25-28-31-34-37(35-32-29-26-23-20-17-14-11-8-5-2)36-33-30-27-24-21-18-15-12-9-6-3;1-4-6-7-8-9-10-11-12-13-14-15-16(3)5-2/h4-36H2,1-3H3;4-15H2,1-3H3. The van der Waals surface area contributed by atoms with Crippen LogP contribution in [0.15, 0.2) is 0 Å². The van der Waals surface area contributed by atoms with Gasteiger partial charge in [-0.3, -0.25) is 0 Å². The van der Waals surface area contributed by atoms with E-state index in [9.17, 15) is 0 Å². The fourth-order valence-corrected chi connectivity index (χ4v) is 7.83. The molecule has 0 aromatic carbocycles. The monoisotopic (exact) mass is 749 g/mol. The minimum atomic E-state index is 1.19. The van der Waals surface area contributed by atoms with Crippen molar-refractivity contribution in [2.75, 3.05) is 39.8 Å². The molecule has 0 bridgehead atoms. The second kappa shape index (κ2) is 51.9. The molecule has 0 rings (SSSR count). The van der Waals surface area contributed by atoms with Gasteiger partial charge in [0, 0.05) is 0 Å². The number of hydrogen-bond donors (Lipinski definition) is 0. The molecule has 0 unspecified atom stereocenters. The Bertz CT molecular complexity index is 534. The highest BCUT2D eigenvalue weighted by atomic mass is 15.1. The van der Waals surface area contributed by atoms with Crippen LogP contribution in [-0.2, 0) is 0 Å². The molecule has 0 spiro atoms. The maximum Gasteiger partial charge on any atom is -0.00187 e. The van der Waals surface area contributed by atoms with E-state index in [1.54, 1.807) is 0 Å². The molecule has 0 aromatic rings. The average molecular weight is 749 g/mol. The third kappa shape index (κ3) is 51.9. The molecule has 0 saturated heterocycles. The maximum atomic E-state index is 2.85. The summed E-state index contributed by atoms with van der Waals surface area (Å²) in [6, 6.07) is 0. The highest BCUT2D eigenvalue weighted by Gasteiger charge is 2.05. The summed E-state index contributed by atoms with van der Waals surface area (Å²) in [5, 5.41) is 0. The number of hydrogen-bond acceptors (Lipinski definition) is 2. The van der Waals surface area contributed by atoms with Crippen LogP contribution in [0.4, 0.5) is 0 Å². The van der Waals surface area contributed by atoms with Gasteiger partial charge in [-0.25, -0.2) is 0 Å². The number of unbranched alkanes of at least 4 members (excludes halogenated alkanes) is 36. The molecule has 0 aliphatic rings. The van der Waals surface area contributed by atoms with Gasteiger partial charge < -0.3 is 9.80 Å². The molecule has 2 nitrogen and oxygen atoms in total. The zero-order valence-electron chi connectivity index (χ0n) is 38.7. The Balaban J connectivity index is 0. The third-order valence-corrected chi connectivity index (χ3v) is 11.9. The summed E-state index contributed by atoms with van der Waals surface area (Å²) in [5.41, 5.74) is 0. The molecule has 0 aromatic heterocycles. The normalized spacial score (nSPS) is 11.5. The fourth-order valence-electron chi connectivity index (χ4n) is 7.83. The lowest BCUT2D eigenvalue weighted by molar-refractivity contribution is 0.254. The van der Waals surface area contributed by atoms with E-state index in [0.717, 1.165) is 0 Å². The Kier molecular flexibility index (Phi) is 53.9. The van der Waals surface area contributed by atoms with E-state index in [4.69, 9.17) is 0 Å². The van der Waals surface area contributed by atoms with E-state index in [1.807, 2.05) is 0 Å². The molecule has 0 fully saturated rings. The zero-order chi connectivity index (χ0) is 39.0. The molecule has 0 aliphatic carbocycles. The summed E-state index contributed by atoms with van der Waals surface area (Å²) in [7, 11) is 2.22. The summed E-state index contributed by atoms with van der Waals surface area (Å²) in [6.07, 6.45) is 58.0. The first kappa shape index (κ1) is 55.0. The summed E-state index contributed by atoms with van der Waals surface area (Å²) < 4.78 is 0. The summed E-state index contributed by atoms with van der Waals surface area (Å²) >= 11 is 0. The Morgan fingerprint density at radius 3 is 0.566 bits per heavy atom. The SMILES string of the molecule is CCCCCCCCCCCCN(C)CC.CCCCCCCCCCCCN(CCCCCCCCCCCC)CCCCCCCCCCCC. The average Bonchev–Trinajstić information content (AvgIpc) is 3.17. The Morgan fingerprint density at radius 1 is 0.208 bits per heavy atom. The summed E-state index contributed by atoms with van der Waals surface area (Å²) in [6.45, 7) is 18.0. The zero-order valence-corrected chi connectivity index (χ0v) is 38.7. The van der Waals surface area contributed by atoms with Crippen molar-refractivity contribution in [3.05, 3.63) is 0 Å². The third-order valence-electron chi connectivity index (χ3n) is 11.9. The van der Waals surface area contributed by atoms with Crippen LogP contribution < -0.4 is 0 Å². The smallest absolute Gasteiger partial charge is 0.00187 e. The van der Waals surface area contributed by atoms with Crippen molar-refractivity contribution in [1.29, 1.82) is 0 Å². The minimum Gasteiger partial charge on any atom is -0.307 e. The lowest BCUT2D eigenvalue weighted by atomic mass is 10.1. The highest BCUT2D eigenvalue weighted by molar-refractivity contribution is 4.61. The van der Waals surface area contributed by atoms with Crippen molar-refractivity contribution in [2.45, 2.75) is 291 Å². The van der Waals surface area contributed by atoms with Gasteiger partial charge in [-0.05, 0) is 65.5 Å². The molecular formula is C51H108N2. The summed E-state index contributed by atoms with van der Waals surface area (Å²) in [5.74, 6) is 0. The Labute approximate surface area is 340 Å². The van der Waals surface area contributed by atoms with Crippen LogP contribution in [0.25, 0.3) is 0 Å². The first-order chi connectivity index (χ1) is 26.2. The first-order valence-electron chi connectivity index (χ1n) is 25.6. The van der Waals surface area contributed by atoms with Gasteiger partial charge in [0.2, 0.25) is 0 Å². The molecule has 0 atom stereocenters. The molecule has 0 N–H and O–H groups in total. The van der Waals surface area contributed by atoms with Gasteiger partial charge in [0.25, 0.3) is 0 Å². The van der Waals surface area contributed by atoms with Crippen molar-refractivity contribution < 1.29 is 0 Å². The van der Waals surface area contributed by atoms with Gasteiger partial charge in [-0.1, -0.05) is 266 Å². The Hall–Kier alpha value is -0.0800. The molecule has 53 heavy (non-hydrogen) atoms. The van der Waals surface area contributed by atoms with Gasteiger partial charge in [0.1, 0.15) is 0 Å². The van der Waals surface area contributed by atoms with Gasteiger partial charge in [0.15, 0.2) is 0 Å². The van der Waals surface area contributed by atoms with Crippen LogP contribution in [0.3, 0.4) is 0 Å². The molecule has 0 radical (unpaired) electrons. The van der Waals surface area contributed by atoms with Crippen LogP contribution in [-0.4, -0.2) is 49.6 Å². The topological polar surface area (TPSA) is 6.48 Å². The van der Waals surface area contributed by atoms with Gasteiger partial charge >= 0.3 is 0 Å². The molecular weight excluding hydrogens is 641 g/mol. The number of nitrogens with zero attached hydrogens (tertiary/aromatic N) is 2. The van der Waals surface area contributed by atoms with Crippen molar-refractivity contribution in [1.82, 2.24) is 9.80 Å².